The summed E-state index contributed by atoms with van der Waals surface area (Å²) in [7, 11) is 0. The summed E-state index contributed by atoms with van der Waals surface area (Å²) in [6.45, 7) is 1.79. The van der Waals surface area contributed by atoms with Crippen LogP contribution in [0, 0.1) is 6.92 Å². The molecule has 1 aliphatic rings. The van der Waals surface area contributed by atoms with Gasteiger partial charge in [0.1, 0.15) is 11.7 Å². The zero-order chi connectivity index (χ0) is 16.1. The summed E-state index contributed by atoms with van der Waals surface area (Å²) in [4.78, 5) is 12.2. The molecular weight excluding hydrogens is 341 g/mol. The second-order valence-corrected chi connectivity index (χ2v) is 5.91. The first-order valence-corrected chi connectivity index (χ1v) is 7.41. The normalized spacial score (nSPS) is 15.7. The van der Waals surface area contributed by atoms with Crippen molar-refractivity contribution in [3.8, 4) is 0 Å². The molecular formula is C13H9Cl2N7O. The quantitative estimate of drug-likeness (QED) is 0.545. The Morgan fingerprint density at radius 1 is 1.30 bits per heavy atom. The number of tetrazole rings is 1. The predicted molar refractivity (Wildman–Crippen MR) is 84.4 cm³/mol. The highest BCUT2D eigenvalue weighted by molar-refractivity contribution is 6.35. The van der Waals surface area contributed by atoms with Crippen molar-refractivity contribution in [3.05, 3.63) is 55.4 Å². The maximum Gasteiger partial charge on any atom is 0.288 e. The molecule has 116 valence electrons. The third-order valence-corrected chi connectivity index (χ3v) is 4.28. The molecule has 0 bridgehead atoms. The number of aromatic nitrogens is 6. The third-order valence-electron chi connectivity index (χ3n) is 3.72. The van der Waals surface area contributed by atoms with Crippen molar-refractivity contribution in [2.75, 3.05) is 5.32 Å². The molecule has 1 atom stereocenters. The largest absolute Gasteiger partial charge is 0.318 e. The molecule has 0 fully saturated rings. The summed E-state index contributed by atoms with van der Waals surface area (Å²) in [5.74, 6) is 0.351. The minimum absolute atomic E-state index is 0.351. The Morgan fingerprint density at radius 3 is 2.91 bits per heavy atom. The van der Waals surface area contributed by atoms with E-state index in [0.29, 0.717) is 32.9 Å². The predicted octanol–water partition coefficient (Wildman–Crippen LogP) is 2.07. The number of hydrogen-bond acceptors (Lipinski definition) is 6. The Labute approximate surface area is 139 Å². The van der Waals surface area contributed by atoms with Crippen molar-refractivity contribution < 1.29 is 0 Å². The molecule has 8 nitrogen and oxygen atoms in total. The highest BCUT2D eigenvalue weighted by atomic mass is 35.5. The fraction of sp³-hybridized carbons (Fsp3) is 0.154. The lowest BCUT2D eigenvalue weighted by molar-refractivity contribution is 0.562. The third kappa shape index (κ3) is 2.10. The van der Waals surface area contributed by atoms with Gasteiger partial charge in [-0.3, -0.25) is 4.79 Å². The van der Waals surface area contributed by atoms with Gasteiger partial charge in [-0.1, -0.05) is 34.4 Å². The molecule has 10 heteroatoms. The molecule has 4 rings (SSSR count). The van der Waals surface area contributed by atoms with Gasteiger partial charge in [0, 0.05) is 21.2 Å². The Balaban J connectivity index is 2.05. The van der Waals surface area contributed by atoms with E-state index < -0.39 is 6.04 Å². The van der Waals surface area contributed by atoms with E-state index in [1.54, 1.807) is 29.8 Å². The summed E-state index contributed by atoms with van der Waals surface area (Å²) in [5, 5.41) is 22.0. The van der Waals surface area contributed by atoms with Crippen LogP contribution in [0.4, 0.5) is 11.6 Å². The molecule has 0 unspecified atom stereocenters. The number of fused-ring (bicyclic) bond motifs is 2. The van der Waals surface area contributed by atoms with Crippen molar-refractivity contribution in [1.82, 2.24) is 30.4 Å². The maximum atomic E-state index is 12.2. The highest BCUT2D eigenvalue weighted by Crippen LogP contribution is 2.40. The topological polar surface area (TPSA) is 101 Å². The van der Waals surface area contributed by atoms with Crippen LogP contribution >= 0.6 is 23.2 Å². The average molecular weight is 350 g/mol. The lowest BCUT2D eigenvalue weighted by Crippen LogP contribution is -2.29. The molecule has 0 amide bonds. The van der Waals surface area contributed by atoms with Gasteiger partial charge >= 0.3 is 0 Å². The summed E-state index contributed by atoms with van der Waals surface area (Å²) in [6.07, 6.45) is 0. The van der Waals surface area contributed by atoms with Crippen molar-refractivity contribution in [1.29, 1.82) is 0 Å². The number of benzene rings is 1. The number of nitrogens with one attached hydrogen (secondary N) is 2. The molecule has 2 aromatic heterocycles. The van der Waals surface area contributed by atoms with Crippen LogP contribution in [0.1, 0.15) is 22.9 Å². The molecule has 2 N–H and O–H groups in total. The van der Waals surface area contributed by atoms with E-state index in [2.05, 4.69) is 31.0 Å². The van der Waals surface area contributed by atoms with E-state index in [4.69, 9.17) is 23.2 Å². The van der Waals surface area contributed by atoms with Gasteiger partial charge < -0.3 is 5.32 Å². The van der Waals surface area contributed by atoms with E-state index in [9.17, 15) is 4.79 Å². The lowest BCUT2D eigenvalue weighted by Gasteiger charge is -2.27. The highest BCUT2D eigenvalue weighted by Gasteiger charge is 2.33. The number of hydrogen-bond donors (Lipinski definition) is 2. The van der Waals surface area contributed by atoms with E-state index in [1.165, 1.54) is 0 Å². The van der Waals surface area contributed by atoms with E-state index in [0.717, 1.165) is 5.56 Å². The molecule has 1 aliphatic heterocycles. The van der Waals surface area contributed by atoms with Gasteiger partial charge in [0.2, 0.25) is 5.95 Å². The molecule has 0 aliphatic carbocycles. The van der Waals surface area contributed by atoms with Gasteiger partial charge in [-0.25, -0.2) is 5.10 Å². The second kappa shape index (κ2) is 5.04. The maximum absolute atomic E-state index is 12.2. The zero-order valence-corrected chi connectivity index (χ0v) is 13.2. The Hall–Kier alpha value is -2.45. The van der Waals surface area contributed by atoms with Crippen LogP contribution in [0.15, 0.2) is 23.0 Å². The van der Waals surface area contributed by atoms with Crippen LogP contribution in [0.5, 0.6) is 0 Å². The van der Waals surface area contributed by atoms with Crippen LogP contribution in [0.25, 0.3) is 0 Å². The molecule has 23 heavy (non-hydrogen) atoms. The van der Waals surface area contributed by atoms with Crippen LogP contribution in [-0.2, 0) is 0 Å². The van der Waals surface area contributed by atoms with Crippen LogP contribution in [-0.4, -0.2) is 30.4 Å². The fourth-order valence-corrected chi connectivity index (χ4v) is 3.22. The van der Waals surface area contributed by atoms with Crippen molar-refractivity contribution in [3.63, 3.8) is 0 Å². The molecule has 0 saturated heterocycles. The molecule has 0 radical (unpaired) electrons. The van der Waals surface area contributed by atoms with Gasteiger partial charge in [0.05, 0.1) is 5.69 Å². The fourth-order valence-electron chi connectivity index (χ4n) is 2.71. The Kier molecular flexibility index (Phi) is 3.10. The van der Waals surface area contributed by atoms with Crippen LogP contribution < -0.4 is 10.9 Å². The molecule has 1 aromatic carbocycles. The van der Waals surface area contributed by atoms with Crippen molar-refractivity contribution in [2.24, 2.45) is 0 Å². The van der Waals surface area contributed by atoms with E-state index in [1.807, 2.05) is 0 Å². The number of H-pyrrole nitrogens is 1. The van der Waals surface area contributed by atoms with Crippen LogP contribution in [0.3, 0.4) is 0 Å². The first-order valence-electron chi connectivity index (χ1n) is 6.65. The lowest BCUT2D eigenvalue weighted by atomic mass is 9.95. The molecule has 0 spiro atoms. The number of aromatic amines is 1. The molecule has 3 heterocycles. The number of nitrogens with zero attached hydrogens (tertiary/aromatic N) is 5. The minimum Gasteiger partial charge on any atom is -0.318 e. The van der Waals surface area contributed by atoms with Gasteiger partial charge in [0.15, 0.2) is 0 Å². The molecule has 0 saturated carbocycles. The van der Waals surface area contributed by atoms with Gasteiger partial charge in [0.25, 0.3) is 5.56 Å². The first-order chi connectivity index (χ1) is 11.1. The van der Waals surface area contributed by atoms with Gasteiger partial charge in [-0.15, -0.1) is 0 Å². The van der Waals surface area contributed by atoms with Crippen molar-refractivity contribution in [2.45, 2.75) is 13.0 Å². The summed E-state index contributed by atoms with van der Waals surface area (Å²) in [6, 6.07) is 4.68. The standard InChI is InChI=1S/C13H9Cl2N7O/c1-5-9-10(12(23)18-17-5)16-13-19-20-21-22(13)11(9)7-3-2-6(14)4-8(7)15/h2-4,11H,1H3,(H,18,23)(H,16,19,21)/t11-/m1/s1. The van der Waals surface area contributed by atoms with E-state index >= 15 is 0 Å². The molecule has 3 aromatic rings. The summed E-state index contributed by atoms with van der Waals surface area (Å²) >= 11 is 12.3. The number of anilines is 2. The summed E-state index contributed by atoms with van der Waals surface area (Å²) < 4.78 is 1.56. The monoisotopic (exact) mass is 349 g/mol. The Bertz CT molecular complexity index is 981. The van der Waals surface area contributed by atoms with Crippen LogP contribution in [0.2, 0.25) is 10.0 Å². The number of rotatable bonds is 1. The Morgan fingerprint density at radius 2 is 2.13 bits per heavy atom. The van der Waals surface area contributed by atoms with Gasteiger partial charge in [-0.2, -0.15) is 9.78 Å². The van der Waals surface area contributed by atoms with Gasteiger partial charge in [-0.05, 0) is 29.5 Å². The minimum atomic E-state index is -0.476. The zero-order valence-electron chi connectivity index (χ0n) is 11.7. The smallest absolute Gasteiger partial charge is 0.288 e. The second-order valence-electron chi connectivity index (χ2n) is 5.07. The van der Waals surface area contributed by atoms with Crippen molar-refractivity contribution >= 4 is 34.8 Å². The average Bonchev–Trinajstić information content (AvgIpc) is 2.98. The SMILES string of the molecule is Cc1n[nH]c(=O)c2c1[C@@H](c1ccc(Cl)cc1Cl)n1nnnc1N2. The number of aryl methyl sites for hydroxylation is 1. The first kappa shape index (κ1) is 14.2. The number of halogens is 2. The summed E-state index contributed by atoms with van der Waals surface area (Å²) in [5.41, 5.74) is 2.04. The van der Waals surface area contributed by atoms with E-state index in [-0.39, 0.29) is 5.56 Å².